The van der Waals surface area contributed by atoms with Crippen molar-refractivity contribution in [2.75, 3.05) is 21.7 Å². The maximum atomic E-state index is 14.4. The van der Waals surface area contributed by atoms with Gasteiger partial charge in [0.1, 0.15) is 21.6 Å². The molecule has 2 aliphatic rings. The van der Waals surface area contributed by atoms with E-state index in [9.17, 15) is 69.9 Å². The van der Waals surface area contributed by atoms with Crippen molar-refractivity contribution in [2.45, 2.75) is 81.2 Å². The summed E-state index contributed by atoms with van der Waals surface area (Å²) >= 11 is 2.33. The monoisotopic (exact) mass is 1160 g/mol. The number of halogens is 11. The molecule has 0 spiro atoms. The molecule has 4 heterocycles. The lowest BCUT2D eigenvalue weighted by molar-refractivity contribution is -0.186. The van der Waals surface area contributed by atoms with Gasteiger partial charge in [-0.1, -0.05) is 72.8 Å². The number of nitrogens with one attached hydrogen (secondary N) is 1. The maximum absolute atomic E-state index is 14.4. The van der Waals surface area contributed by atoms with Crippen molar-refractivity contribution in [1.29, 1.82) is 0 Å². The molecule has 1 N–H and O–H groups in total. The van der Waals surface area contributed by atoms with Gasteiger partial charge in [-0.05, 0) is 137 Å². The maximum Gasteiger partial charge on any atom is 0.471 e. The van der Waals surface area contributed by atoms with Gasteiger partial charge in [0, 0.05) is 29.0 Å². The minimum absolute atomic E-state index is 0.0137. The van der Waals surface area contributed by atoms with Gasteiger partial charge < -0.3 is 10.2 Å². The number of rotatable bonds is 10. The number of carbonyl (C=O) groups is 1. The van der Waals surface area contributed by atoms with E-state index in [-0.39, 0.29) is 51.0 Å². The van der Waals surface area contributed by atoms with Crippen molar-refractivity contribution in [2.24, 2.45) is 0 Å². The number of carbonyl (C=O) groups excluding carboxylic acids is 1. The van der Waals surface area contributed by atoms with Crippen LogP contribution in [0, 0.1) is 25.5 Å². The average molecular weight is 1170 g/mol. The minimum atomic E-state index is -5.16. The molecule has 0 bridgehead atoms. The molecule has 410 valence electrons. The van der Waals surface area contributed by atoms with Crippen LogP contribution in [0.5, 0.6) is 0 Å². The zero-order valence-electron chi connectivity index (χ0n) is 40.9. The van der Waals surface area contributed by atoms with Crippen LogP contribution in [0.25, 0.3) is 20.2 Å². The second kappa shape index (κ2) is 21.2. The second-order valence-electron chi connectivity index (χ2n) is 18.4. The second-order valence-corrected chi connectivity index (χ2v) is 24.1. The van der Waals surface area contributed by atoms with E-state index in [0.717, 1.165) is 54.3 Å². The Hall–Kier alpha value is -6.60. The van der Waals surface area contributed by atoms with E-state index in [1.54, 1.807) is 50.2 Å². The van der Waals surface area contributed by atoms with E-state index in [1.165, 1.54) is 35.6 Å². The number of hydrogen-bond acceptors (Lipinski definition) is 8. The predicted octanol–water partition coefficient (Wildman–Crippen LogP) is 13.6. The Bertz CT molecular complexity index is 3860. The summed E-state index contributed by atoms with van der Waals surface area (Å²) in [6.07, 6.45) is -14.5. The van der Waals surface area contributed by atoms with Crippen LogP contribution in [0.1, 0.15) is 55.6 Å². The molecule has 0 fully saturated rings. The fraction of sp³-hybridized carbons (Fsp3) is 0.241. The SMILES string of the molecule is Cc1c(N(Cc2ccc(F)c(C(F)(F)F)c2)S(=O)(=O)c2cccc3c2CN(C(=O)C(F)(F)F)CC3)sc2ccccc12.Cc1c(N(Cc2ccc(F)c(C(F)(F)F)c2)S(=O)(=O)c2cccc3c2CNCC3)sc2ccccc12. The molecule has 8 aromatic rings. The minimum Gasteiger partial charge on any atom is -0.330 e. The molecule has 6 aromatic carbocycles. The van der Waals surface area contributed by atoms with Crippen molar-refractivity contribution in [1.82, 2.24) is 10.2 Å². The van der Waals surface area contributed by atoms with Gasteiger partial charge in [0.25, 0.3) is 20.0 Å². The molecule has 2 aromatic heterocycles. The van der Waals surface area contributed by atoms with E-state index in [0.29, 0.717) is 73.4 Å². The smallest absolute Gasteiger partial charge is 0.330 e. The van der Waals surface area contributed by atoms with Crippen molar-refractivity contribution < 1.29 is 69.9 Å². The normalized spacial score (nSPS) is 14.2. The lowest BCUT2D eigenvalue weighted by atomic mass is 10.00. The number of alkyl halides is 9. The Labute approximate surface area is 448 Å². The topological polar surface area (TPSA) is 107 Å². The summed E-state index contributed by atoms with van der Waals surface area (Å²) in [5.74, 6) is -5.03. The van der Waals surface area contributed by atoms with Gasteiger partial charge in [0.2, 0.25) is 0 Å². The van der Waals surface area contributed by atoms with E-state index in [1.807, 2.05) is 30.3 Å². The van der Waals surface area contributed by atoms with Crippen molar-refractivity contribution in [3.05, 3.63) is 189 Å². The number of hydrogen-bond donors (Lipinski definition) is 1. The van der Waals surface area contributed by atoms with Gasteiger partial charge in [-0.15, -0.1) is 22.7 Å². The number of nitrogens with zero attached hydrogens (tertiary/aromatic N) is 3. The van der Waals surface area contributed by atoms with Gasteiger partial charge in [-0.3, -0.25) is 13.4 Å². The third-order valence-electron chi connectivity index (χ3n) is 13.4. The van der Waals surface area contributed by atoms with Crippen LogP contribution in [0.15, 0.2) is 131 Å². The van der Waals surface area contributed by atoms with Gasteiger partial charge in [0.05, 0.1) is 34.0 Å². The van der Waals surface area contributed by atoms with Crippen LogP contribution in [-0.4, -0.2) is 46.9 Å². The molecule has 0 unspecified atom stereocenters. The summed E-state index contributed by atoms with van der Waals surface area (Å²) in [7, 11) is -8.85. The summed E-state index contributed by atoms with van der Waals surface area (Å²) in [5.41, 5.74) is 0.0879. The lowest BCUT2D eigenvalue weighted by Gasteiger charge is -2.32. The van der Waals surface area contributed by atoms with Crippen LogP contribution in [0.2, 0.25) is 0 Å². The number of thiophene rings is 2. The quantitative estimate of drug-likeness (QED) is 0.137. The molecule has 0 aliphatic carbocycles. The molecule has 1 amide bonds. The van der Waals surface area contributed by atoms with Gasteiger partial charge in [0.15, 0.2) is 0 Å². The first-order chi connectivity index (χ1) is 36.7. The highest BCUT2D eigenvalue weighted by molar-refractivity contribution is 7.93. The molecule has 0 saturated heterocycles. The van der Waals surface area contributed by atoms with Crippen LogP contribution in [0.4, 0.5) is 58.3 Å². The van der Waals surface area contributed by atoms with Crippen LogP contribution < -0.4 is 13.9 Å². The molecule has 0 atom stereocenters. The number of amides is 1. The summed E-state index contributed by atoms with van der Waals surface area (Å²) in [6, 6.07) is 28.4. The molecule has 2 aliphatic heterocycles. The average Bonchev–Trinajstić information content (AvgIpc) is 3.97. The number of benzene rings is 6. The summed E-state index contributed by atoms with van der Waals surface area (Å²) in [4.78, 5) is 12.2. The van der Waals surface area contributed by atoms with Crippen molar-refractivity contribution >= 4 is 78.8 Å². The number of anilines is 2. The molecule has 10 rings (SSSR count). The van der Waals surface area contributed by atoms with E-state index in [4.69, 9.17) is 0 Å². The Morgan fingerprint density at radius 3 is 1.49 bits per heavy atom. The largest absolute Gasteiger partial charge is 0.471 e. The Balaban J connectivity index is 0.000000192. The third kappa shape index (κ3) is 11.1. The highest BCUT2D eigenvalue weighted by Crippen LogP contribution is 2.45. The van der Waals surface area contributed by atoms with Gasteiger partial charge >= 0.3 is 24.4 Å². The lowest BCUT2D eigenvalue weighted by Crippen LogP contribution is -2.44. The highest BCUT2D eigenvalue weighted by atomic mass is 32.2. The Kier molecular flexibility index (Phi) is 15.3. The zero-order chi connectivity index (χ0) is 56.3. The molecule has 9 nitrogen and oxygen atoms in total. The molecular formula is C54H43F11N4O5S4. The molecular weight excluding hydrogens is 1120 g/mol. The van der Waals surface area contributed by atoms with Gasteiger partial charge in [-0.2, -0.15) is 39.5 Å². The van der Waals surface area contributed by atoms with Crippen molar-refractivity contribution in [3.8, 4) is 0 Å². The van der Waals surface area contributed by atoms with E-state index >= 15 is 0 Å². The zero-order valence-corrected chi connectivity index (χ0v) is 44.1. The summed E-state index contributed by atoms with van der Waals surface area (Å²) in [5, 5.41) is 5.35. The Morgan fingerprint density at radius 2 is 1.04 bits per heavy atom. The number of fused-ring (bicyclic) bond motifs is 4. The fourth-order valence-electron chi connectivity index (χ4n) is 9.54. The van der Waals surface area contributed by atoms with Gasteiger partial charge in [-0.25, -0.2) is 25.6 Å². The summed E-state index contributed by atoms with van der Waals surface area (Å²) in [6.45, 7) is 2.63. The van der Waals surface area contributed by atoms with Crippen LogP contribution in [-0.2, 0) is 76.2 Å². The first-order valence-electron chi connectivity index (χ1n) is 23.7. The predicted molar refractivity (Wildman–Crippen MR) is 276 cm³/mol. The first-order valence-corrected chi connectivity index (χ1v) is 28.2. The highest BCUT2D eigenvalue weighted by Gasteiger charge is 2.45. The molecule has 0 radical (unpaired) electrons. The van der Waals surface area contributed by atoms with Crippen LogP contribution >= 0.6 is 22.7 Å². The third-order valence-corrected chi connectivity index (χ3v) is 19.9. The van der Waals surface area contributed by atoms with E-state index in [2.05, 4.69) is 5.32 Å². The first kappa shape index (κ1) is 56.1. The molecule has 78 heavy (non-hydrogen) atoms. The number of aryl methyl sites for hydroxylation is 2. The van der Waals surface area contributed by atoms with Crippen LogP contribution in [0.3, 0.4) is 0 Å². The van der Waals surface area contributed by atoms with E-state index < -0.39 is 80.3 Å². The molecule has 0 saturated carbocycles. The Morgan fingerprint density at radius 1 is 0.590 bits per heavy atom. The fourth-order valence-corrected chi connectivity index (χ4v) is 15.9. The number of sulfonamides is 2. The standard InChI is InChI=1S/C28H21F7N2O3S2.C26H22F4N2O2S2/c1-16-19-6-2-3-7-23(19)41-25(16)37(14-17-9-10-22(29)21(13-17)27(30,31)32)42(39,40)24-8-4-5-18-11-12-36(15-20(18)24)26(38)28(33,34)35;1-16-19-6-2-3-7-23(19)35-25(16)32(15-17-9-10-22(27)21(13-17)26(28,29)30)36(33,34)24-8-4-5-18-11-12-31-14-20(18)24/h2-10,13H,11-12,14-15H2,1H3;2-10,13,31H,11-12,14-15H2,1H3. The summed E-state index contributed by atoms with van der Waals surface area (Å²) < 4.78 is 209. The molecule has 24 heteroatoms. The van der Waals surface area contributed by atoms with Crippen molar-refractivity contribution in [3.63, 3.8) is 0 Å².